The van der Waals surface area contributed by atoms with Crippen molar-refractivity contribution in [2.45, 2.75) is 24.9 Å². The first kappa shape index (κ1) is 15.1. The summed E-state index contributed by atoms with van der Waals surface area (Å²) in [6.07, 6.45) is 0. The highest BCUT2D eigenvalue weighted by Gasteiger charge is 2.22. The Balaban J connectivity index is 2.24. The lowest BCUT2D eigenvalue weighted by molar-refractivity contribution is 0.573. The minimum Gasteiger partial charge on any atom is -0.326 e. The van der Waals surface area contributed by atoms with Gasteiger partial charge in [-0.3, -0.25) is 0 Å². The third kappa shape index (κ3) is 3.06. The molecule has 20 heavy (non-hydrogen) atoms. The lowest BCUT2D eigenvalue weighted by Gasteiger charge is -2.09. The molecule has 0 amide bonds. The molecule has 0 radical (unpaired) electrons. The van der Waals surface area contributed by atoms with Gasteiger partial charge in [-0.25, -0.2) is 17.5 Å². The van der Waals surface area contributed by atoms with E-state index in [4.69, 9.17) is 5.73 Å². The zero-order chi connectivity index (χ0) is 14.8. The van der Waals surface area contributed by atoms with Gasteiger partial charge in [-0.15, -0.1) is 11.3 Å². The Morgan fingerprint density at radius 1 is 1.35 bits per heavy atom. The SMILES string of the molecule is Cc1csc(CN)c1S(=O)(=O)NCc1ccccc1F. The van der Waals surface area contributed by atoms with Crippen LogP contribution in [0.3, 0.4) is 0 Å². The number of rotatable bonds is 5. The third-order valence-corrected chi connectivity index (χ3v) is 5.74. The summed E-state index contributed by atoms with van der Waals surface area (Å²) in [6.45, 7) is 1.79. The Labute approximate surface area is 121 Å². The molecule has 2 aromatic rings. The number of thiophene rings is 1. The Kier molecular flexibility index (Phi) is 4.54. The van der Waals surface area contributed by atoms with E-state index in [0.717, 1.165) is 0 Å². The fourth-order valence-electron chi connectivity index (χ4n) is 1.88. The summed E-state index contributed by atoms with van der Waals surface area (Å²) in [7, 11) is -3.69. The molecule has 3 N–H and O–H groups in total. The summed E-state index contributed by atoms with van der Waals surface area (Å²) in [5.41, 5.74) is 6.50. The van der Waals surface area contributed by atoms with Crippen LogP contribution >= 0.6 is 11.3 Å². The second-order valence-electron chi connectivity index (χ2n) is 4.29. The summed E-state index contributed by atoms with van der Waals surface area (Å²) >= 11 is 1.31. The first-order valence-electron chi connectivity index (χ1n) is 5.96. The highest BCUT2D eigenvalue weighted by molar-refractivity contribution is 7.89. The zero-order valence-electron chi connectivity index (χ0n) is 10.9. The van der Waals surface area contributed by atoms with Crippen molar-refractivity contribution in [1.29, 1.82) is 0 Å². The van der Waals surface area contributed by atoms with E-state index in [0.29, 0.717) is 16.0 Å². The van der Waals surface area contributed by atoms with Gasteiger partial charge in [0.15, 0.2) is 0 Å². The fourth-order valence-corrected chi connectivity index (χ4v) is 4.58. The van der Waals surface area contributed by atoms with Gasteiger partial charge >= 0.3 is 0 Å². The van der Waals surface area contributed by atoms with Crippen LogP contribution < -0.4 is 10.5 Å². The Hall–Kier alpha value is -1.28. The van der Waals surface area contributed by atoms with Gasteiger partial charge in [-0.2, -0.15) is 0 Å². The summed E-state index contributed by atoms with van der Waals surface area (Å²) in [5, 5.41) is 1.75. The Morgan fingerprint density at radius 2 is 2.05 bits per heavy atom. The molecule has 0 saturated carbocycles. The molecule has 0 aliphatic heterocycles. The normalized spacial score (nSPS) is 11.8. The van der Waals surface area contributed by atoms with Crippen molar-refractivity contribution < 1.29 is 12.8 Å². The topological polar surface area (TPSA) is 72.2 Å². The summed E-state index contributed by atoms with van der Waals surface area (Å²) < 4.78 is 40.5. The van der Waals surface area contributed by atoms with Gasteiger partial charge in [0, 0.05) is 23.5 Å². The van der Waals surface area contributed by atoms with Crippen molar-refractivity contribution in [1.82, 2.24) is 4.72 Å². The number of nitrogens with two attached hydrogens (primary N) is 1. The first-order chi connectivity index (χ1) is 9.45. The Morgan fingerprint density at radius 3 is 2.70 bits per heavy atom. The van der Waals surface area contributed by atoms with Crippen molar-refractivity contribution in [3.63, 3.8) is 0 Å². The summed E-state index contributed by atoms with van der Waals surface area (Å²) in [4.78, 5) is 0.810. The standard InChI is InChI=1S/C13H15FN2O2S2/c1-9-8-19-12(6-15)13(9)20(17,18)16-7-10-4-2-3-5-11(10)14/h2-5,8,16H,6-7,15H2,1H3. The number of hydrogen-bond donors (Lipinski definition) is 2. The molecule has 0 unspecified atom stereocenters. The van der Waals surface area contributed by atoms with Crippen LogP contribution in [0.2, 0.25) is 0 Å². The van der Waals surface area contributed by atoms with E-state index in [1.807, 2.05) is 0 Å². The quantitative estimate of drug-likeness (QED) is 0.888. The second kappa shape index (κ2) is 6.01. The molecule has 4 nitrogen and oxygen atoms in total. The molecule has 0 atom stereocenters. The molecule has 0 aliphatic rings. The van der Waals surface area contributed by atoms with Crippen molar-refractivity contribution in [3.05, 3.63) is 51.5 Å². The number of hydrogen-bond acceptors (Lipinski definition) is 4. The fraction of sp³-hybridized carbons (Fsp3) is 0.231. The monoisotopic (exact) mass is 314 g/mol. The smallest absolute Gasteiger partial charge is 0.242 e. The average molecular weight is 314 g/mol. The van der Waals surface area contributed by atoms with Crippen LogP contribution in [0.4, 0.5) is 4.39 Å². The van der Waals surface area contributed by atoms with Crippen molar-refractivity contribution >= 4 is 21.4 Å². The predicted octanol–water partition coefficient (Wildman–Crippen LogP) is 2.13. The molecule has 1 aromatic carbocycles. The molecular weight excluding hydrogens is 299 g/mol. The van der Waals surface area contributed by atoms with Gasteiger partial charge in [0.2, 0.25) is 10.0 Å². The molecule has 2 rings (SSSR count). The molecule has 1 heterocycles. The maximum Gasteiger partial charge on any atom is 0.242 e. The van der Waals surface area contributed by atoms with Gasteiger partial charge in [0.1, 0.15) is 10.7 Å². The molecule has 0 saturated heterocycles. The number of sulfonamides is 1. The highest BCUT2D eigenvalue weighted by atomic mass is 32.2. The molecule has 108 valence electrons. The molecule has 0 bridgehead atoms. The van der Waals surface area contributed by atoms with E-state index in [2.05, 4.69) is 4.72 Å². The summed E-state index contributed by atoms with van der Waals surface area (Å²) in [6, 6.07) is 6.06. The molecule has 1 aromatic heterocycles. The third-order valence-electron chi connectivity index (χ3n) is 2.85. The van der Waals surface area contributed by atoms with E-state index in [1.165, 1.54) is 17.4 Å². The van der Waals surface area contributed by atoms with Gasteiger partial charge in [0.05, 0.1) is 0 Å². The van der Waals surface area contributed by atoms with Gasteiger partial charge in [-0.05, 0) is 23.9 Å². The van der Waals surface area contributed by atoms with Crippen molar-refractivity contribution in [2.75, 3.05) is 0 Å². The maximum absolute atomic E-state index is 13.5. The number of halogens is 1. The summed E-state index contributed by atoms with van der Waals surface area (Å²) in [5.74, 6) is -0.434. The molecule has 0 fully saturated rings. The van der Waals surface area contributed by atoms with E-state index >= 15 is 0 Å². The van der Waals surface area contributed by atoms with Crippen LogP contribution in [-0.4, -0.2) is 8.42 Å². The second-order valence-corrected chi connectivity index (χ2v) is 6.96. The lowest BCUT2D eigenvalue weighted by atomic mass is 10.2. The molecule has 7 heteroatoms. The van der Waals surface area contributed by atoms with Crippen LogP contribution in [0.15, 0.2) is 34.5 Å². The van der Waals surface area contributed by atoms with Gasteiger partial charge < -0.3 is 5.73 Å². The number of aryl methyl sites for hydroxylation is 1. The maximum atomic E-state index is 13.5. The van der Waals surface area contributed by atoms with E-state index in [9.17, 15) is 12.8 Å². The first-order valence-corrected chi connectivity index (χ1v) is 8.32. The van der Waals surface area contributed by atoms with E-state index in [1.54, 1.807) is 30.5 Å². The van der Waals surface area contributed by atoms with E-state index < -0.39 is 15.8 Å². The van der Waals surface area contributed by atoms with E-state index in [-0.39, 0.29) is 18.0 Å². The highest BCUT2D eigenvalue weighted by Crippen LogP contribution is 2.26. The van der Waals surface area contributed by atoms with Gasteiger partial charge in [0.25, 0.3) is 0 Å². The average Bonchev–Trinajstić information content (AvgIpc) is 2.80. The minimum atomic E-state index is -3.69. The van der Waals surface area contributed by atoms with Crippen LogP contribution in [-0.2, 0) is 23.1 Å². The van der Waals surface area contributed by atoms with Crippen molar-refractivity contribution in [2.24, 2.45) is 5.73 Å². The number of nitrogens with one attached hydrogen (secondary N) is 1. The Bertz CT molecular complexity index is 711. The van der Waals surface area contributed by atoms with Gasteiger partial charge in [-0.1, -0.05) is 18.2 Å². The zero-order valence-corrected chi connectivity index (χ0v) is 12.5. The predicted molar refractivity (Wildman–Crippen MR) is 77.4 cm³/mol. The molecule has 0 spiro atoms. The van der Waals surface area contributed by atoms with Crippen molar-refractivity contribution in [3.8, 4) is 0 Å². The largest absolute Gasteiger partial charge is 0.326 e. The lowest BCUT2D eigenvalue weighted by Crippen LogP contribution is -2.25. The minimum absolute atomic E-state index is 0.0890. The van der Waals surface area contributed by atoms with Crippen LogP contribution in [0.25, 0.3) is 0 Å². The number of benzene rings is 1. The molecular formula is C13H15FN2O2S2. The van der Waals surface area contributed by atoms with Crippen LogP contribution in [0.5, 0.6) is 0 Å². The van der Waals surface area contributed by atoms with Crippen LogP contribution in [0.1, 0.15) is 16.0 Å². The van der Waals surface area contributed by atoms with Crippen LogP contribution in [0, 0.1) is 12.7 Å². The molecule has 0 aliphatic carbocycles.